The summed E-state index contributed by atoms with van der Waals surface area (Å²) in [5.74, 6) is 1.00. The number of pyridine rings is 1. The average molecular weight is 316 g/mol. The second-order valence-corrected chi connectivity index (χ2v) is 6.99. The lowest BCUT2D eigenvalue weighted by molar-refractivity contribution is 0.590. The van der Waals surface area contributed by atoms with E-state index in [2.05, 4.69) is 9.97 Å². The number of hydrogen-bond donors (Lipinski definition) is 0. The van der Waals surface area contributed by atoms with E-state index in [1.807, 2.05) is 30.3 Å². The molecule has 0 radical (unpaired) electrons. The van der Waals surface area contributed by atoms with E-state index in [0.717, 1.165) is 15.2 Å². The van der Waals surface area contributed by atoms with Crippen molar-refractivity contribution < 1.29 is 8.42 Å². The van der Waals surface area contributed by atoms with Gasteiger partial charge in [-0.25, -0.2) is 9.97 Å². The standard InChI is InChI=1S/C15H16N4O2S/c1-11-16-15(10-18(11)2)22(20,21)19(3)14-9-8-12-6-4-5-7-13(12)17-14/h4-10H,1-3H3. The normalized spacial score (nSPS) is 11.8. The minimum atomic E-state index is -3.72. The van der Waals surface area contributed by atoms with Crippen LogP contribution in [0.1, 0.15) is 5.82 Å². The van der Waals surface area contributed by atoms with Crippen LogP contribution in [0.2, 0.25) is 0 Å². The van der Waals surface area contributed by atoms with Gasteiger partial charge in [0.15, 0.2) is 5.03 Å². The summed E-state index contributed by atoms with van der Waals surface area (Å²) in [4.78, 5) is 8.50. The van der Waals surface area contributed by atoms with Crippen LogP contribution < -0.4 is 4.31 Å². The molecule has 0 bridgehead atoms. The number of fused-ring (bicyclic) bond motifs is 1. The zero-order valence-corrected chi connectivity index (χ0v) is 13.4. The highest BCUT2D eigenvalue weighted by molar-refractivity contribution is 7.92. The summed E-state index contributed by atoms with van der Waals surface area (Å²) in [7, 11) is -0.481. The number of nitrogens with zero attached hydrogens (tertiary/aromatic N) is 4. The van der Waals surface area contributed by atoms with E-state index in [1.165, 1.54) is 13.2 Å². The lowest BCUT2D eigenvalue weighted by Crippen LogP contribution is -2.27. The summed E-state index contributed by atoms with van der Waals surface area (Å²) in [5.41, 5.74) is 0.749. The van der Waals surface area contributed by atoms with Gasteiger partial charge in [-0.15, -0.1) is 0 Å². The largest absolute Gasteiger partial charge is 0.337 e. The smallest absolute Gasteiger partial charge is 0.284 e. The van der Waals surface area contributed by atoms with Gasteiger partial charge in [-0.1, -0.05) is 18.2 Å². The molecule has 2 aromatic heterocycles. The van der Waals surface area contributed by atoms with E-state index in [9.17, 15) is 8.42 Å². The molecule has 22 heavy (non-hydrogen) atoms. The number of para-hydroxylation sites is 1. The maximum atomic E-state index is 12.6. The number of aryl methyl sites for hydroxylation is 2. The molecule has 0 fully saturated rings. The minimum absolute atomic E-state index is 0.0185. The molecule has 0 N–H and O–H groups in total. The van der Waals surface area contributed by atoms with E-state index >= 15 is 0 Å². The van der Waals surface area contributed by atoms with Gasteiger partial charge >= 0.3 is 0 Å². The number of imidazole rings is 1. The molecular weight excluding hydrogens is 300 g/mol. The van der Waals surface area contributed by atoms with E-state index in [4.69, 9.17) is 0 Å². The van der Waals surface area contributed by atoms with Gasteiger partial charge in [0.25, 0.3) is 10.0 Å². The van der Waals surface area contributed by atoms with Gasteiger partial charge in [-0.05, 0) is 25.1 Å². The third kappa shape index (κ3) is 2.33. The molecule has 3 aromatic rings. The third-order valence-corrected chi connectivity index (χ3v) is 5.25. The third-order valence-electron chi connectivity index (χ3n) is 3.62. The van der Waals surface area contributed by atoms with E-state index in [0.29, 0.717) is 11.6 Å². The van der Waals surface area contributed by atoms with Crippen molar-refractivity contribution in [3.05, 3.63) is 48.4 Å². The van der Waals surface area contributed by atoms with Crippen LogP contribution in [0.4, 0.5) is 5.82 Å². The number of hydrogen-bond acceptors (Lipinski definition) is 4. The van der Waals surface area contributed by atoms with Crippen molar-refractivity contribution in [2.45, 2.75) is 11.9 Å². The molecule has 0 unspecified atom stereocenters. The predicted octanol–water partition coefficient (Wildman–Crippen LogP) is 2.10. The number of aromatic nitrogens is 3. The van der Waals surface area contributed by atoms with Crippen molar-refractivity contribution in [1.82, 2.24) is 14.5 Å². The molecule has 2 heterocycles. The van der Waals surface area contributed by atoms with Gasteiger partial charge in [0.05, 0.1) is 5.52 Å². The zero-order chi connectivity index (χ0) is 15.9. The number of benzene rings is 1. The van der Waals surface area contributed by atoms with Crippen LogP contribution in [0.25, 0.3) is 10.9 Å². The molecular formula is C15H16N4O2S. The SMILES string of the molecule is Cc1nc(S(=O)(=O)N(C)c2ccc3ccccc3n2)cn1C. The maximum Gasteiger partial charge on any atom is 0.284 e. The van der Waals surface area contributed by atoms with E-state index in [1.54, 1.807) is 24.6 Å². The maximum absolute atomic E-state index is 12.6. The first kappa shape index (κ1) is 14.5. The molecule has 0 atom stereocenters. The molecule has 7 heteroatoms. The fourth-order valence-electron chi connectivity index (χ4n) is 2.14. The number of anilines is 1. The van der Waals surface area contributed by atoms with Crippen molar-refractivity contribution in [3.63, 3.8) is 0 Å². The summed E-state index contributed by atoms with van der Waals surface area (Å²) < 4.78 is 28.1. The number of rotatable bonds is 3. The molecule has 0 saturated heterocycles. The summed E-state index contributed by atoms with van der Waals surface area (Å²) in [6, 6.07) is 11.1. The Bertz CT molecular complexity index is 928. The summed E-state index contributed by atoms with van der Waals surface area (Å²) >= 11 is 0. The average Bonchev–Trinajstić information content (AvgIpc) is 2.86. The summed E-state index contributed by atoms with van der Waals surface area (Å²) in [5, 5.41) is 0.982. The van der Waals surface area contributed by atoms with Crippen LogP contribution >= 0.6 is 0 Å². The van der Waals surface area contributed by atoms with Crippen molar-refractivity contribution in [1.29, 1.82) is 0 Å². The first-order valence-electron chi connectivity index (χ1n) is 6.74. The van der Waals surface area contributed by atoms with Crippen LogP contribution in [0.3, 0.4) is 0 Å². The lowest BCUT2D eigenvalue weighted by Gasteiger charge is -2.17. The molecule has 3 rings (SSSR count). The Morgan fingerprint density at radius 3 is 2.50 bits per heavy atom. The molecule has 6 nitrogen and oxygen atoms in total. The van der Waals surface area contributed by atoms with Gasteiger partial charge in [0.1, 0.15) is 11.6 Å². The van der Waals surface area contributed by atoms with Crippen molar-refractivity contribution in [3.8, 4) is 0 Å². The highest BCUT2D eigenvalue weighted by atomic mass is 32.2. The monoisotopic (exact) mass is 316 g/mol. The van der Waals surface area contributed by atoms with Gasteiger partial charge in [-0.3, -0.25) is 4.31 Å². The van der Waals surface area contributed by atoms with Gasteiger partial charge in [-0.2, -0.15) is 8.42 Å². The van der Waals surface area contributed by atoms with Crippen molar-refractivity contribution >= 4 is 26.7 Å². The first-order valence-corrected chi connectivity index (χ1v) is 8.18. The molecule has 0 aliphatic carbocycles. The van der Waals surface area contributed by atoms with Crippen LogP contribution in [-0.4, -0.2) is 30.0 Å². The Balaban J connectivity index is 2.05. The molecule has 1 aromatic carbocycles. The Kier molecular flexibility index (Phi) is 3.37. The summed E-state index contributed by atoms with van der Waals surface area (Å²) in [6.07, 6.45) is 1.50. The number of sulfonamides is 1. The first-order chi connectivity index (χ1) is 10.4. The van der Waals surface area contributed by atoms with Crippen LogP contribution in [-0.2, 0) is 17.1 Å². The topological polar surface area (TPSA) is 68.1 Å². The van der Waals surface area contributed by atoms with Crippen LogP contribution in [0.15, 0.2) is 47.6 Å². The summed E-state index contributed by atoms with van der Waals surface area (Å²) in [6.45, 7) is 1.76. The van der Waals surface area contributed by atoms with Gasteiger partial charge in [0.2, 0.25) is 0 Å². The van der Waals surface area contributed by atoms with Crippen LogP contribution in [0.5, 0.6) is 0 Å². The second kappa shape index (κ2) is 5.10. The second-order valence-electron chi connectivity index (χ2n) is 5.07. The Morgan fingerprint density at radius 2 is 1.82 bits per heavy atom. The lowest BCUT2D eigenvalue weighted by atomic mass is 10.2. The molecule has 0 amide bonds. The predicted molar refractivity (Wildman–Crippen MR) is 85.3 cm³/mol. The fraction of sp³-hybridized carbons (Fsp3) is 0.200. The van der Waals surface area contributed by atoms with Crippen LogP contribution in [0, 0.1) is 6.92 Å². The van der Waals surface area contributed by atoms with E-state index in [-0.39, 0.29) is 5.03 Å². The van der Waals surface area contributed by atoms with E-state index < -0.39 is 10.0 Å². The van der Waals surface area contributed by atoms with Gasteiger partial charge < -0.3 is 4.57 Å². The van der Waals surface area contributed by atoms with Crippen molar-refractivity contribution in [2.75, 3.05) is 11.4 Å². The highest BCUT2D eigenvalue weighted by Crippen LogP contribution is 2.22. The minimum Gasteiger partial charge on any atom is -0.337 e. The fourth-order valence-corrected chi connectivity index (χ4v) is 3.31. The highest BCUT2D eigenvalue weighted by Gasteiger charge is 2.25. The molecule has 0 aliphatic heterocycles. The van der Waals surface area contributed by atoms with Gasteiger partial charge in [0, 0.05) is 25.7 Å². The Hall–Kier alpha value is -2.41. The molecule has 0 aliphatic rings. The molecule has 0 spiro atoms. The Labute approximate surface area is 129 Å². The zero-order valence-electron chi connectivity index (χ0n) is 12.6. The molecule has 0 saturated carbocycles. The Morgan fingerprint density at radius 1 is 1.09 bits per heavy atom. The quantitative estimate of drug-likeness (QED) is 0.742. The van der Waals surface area contributed by atoms with Crippen molar-refractivity contribution in [2.24, 2.45) is 7.05 Å². The molecule has 114 valence electrons.